The lowest BCUT2D eigenvalue weighted by molar-refractivity contribution is -0.118. The van der Waals surface area contributed by atoms with E-state index in [1.165, 1.54) is 6.92 Å². The first-order chi connectivity index (χ1) is 6.77. The van der Waals surface area contributed by atoms with Crippen LogP contribution in [0, 0.1) is 0 Å². The average Bonchev–Trinajstić information content (AvgIpc) is 2.15. The van der Waals surface area contributed by atoms with Crippen LogP contribution in [-0.2, 0) is 4.79 Å². The van der Waals surface area contributed by atoms with Gasteiger partial charge in [-0.1, -0.05) is 0 Å². The molecule has 0 aromatic heterocycles. The molecule has 0 aliphatic heterocycles. The van der Waals surface area contributed by atoms with Crippen molar-refractivity contribution >= 4 is 5.91 Å². The molecule has 1 amide bonds. The Kier molecular flexibility index (Phi) is 9.95. The third-order valence-electron chi connectivity index (χ3n) is 1.71. The van der Waals surface area contributed by atoms with Gasteiger partial charge in [-0.3, -0.25) is 4.79 Å². The number of hydrogen-bond donors (Lipinski definition) is 4. The molecule has 0 aliphatic carbocycles. The summed E-state index contributed by atoms with van der Waals surface area (Å²) in [5.74, 6) is 0.0212. The second-order valence-electron chi connectivity index (χ2n) is 3.13. The van der Waals surface area contributed by atoms with Crippen molar-refractivity contribution in [3.63, 3.8) is 0 Å². The van der Waals surface area contributed by atoms with Crippen LogP contribution in [0.3, 0.4) is 0 Å². The Hall–Kier alpha value is -0.650. The second-order valence-corrected chi connectivity index (χ2v) is 3.13. The SMILES string of the molecule is CC(=O)NCCNCCNCCCN. The van der Waals surface area contributed by atoms with Crippen LogP contribution in [-0.4, -0.2) is 45.2 Å². The lowest BCUT2D eigenvalue weighted by Gasteiger charge is -2.06. The molecule has 0 radical (unpaired) electrons. The van der Waals surface area contributed by atoms with E-state index in [-0.39, 0.29) is 5.91 Å². The minimum Gasteiger partial charge on any atom is -0.355 e. The van der Waals surface area contributed by atoms with E-state index < -0.39 is 0 Å². The van der Waals surface area contributed by atoms with E-state index in [9.17, 15) is 4.79 Å². The summed E-state index contributed by atoms with van der Waals surface area (Å²) in [6.45, 7) is 6.61. The van der Waals surface area contributed by atoms with Crippen molar-refractivity contribution in [3.05, 3.63) is 0 Å². The van der Waals surface area contributed by atoms with Crippen LogP contribution in [0.2, 0.25) is 0 Å². The predicted molar refractivity (Wildman–Crippen MR) is 58.1 cm³/mol. The number of hydrogen-bond acceptors (Lipinski definition) is 4. The maximum Gasteiger partial charge on any atom is 0.216 e. The fourth-order valence-corrected chi connectivity index (χ4v) is 0.981. The maximum atomic E-state index is 10.5. The van der Waals surface area contributed by atoms with Crippen LogP contribution in [0.5, 0.6) is 0 Å². The van der Waals surface area contributed by atoms with Crippen molar-refractivity contribution < 1.29 is 4.79 Å². The van der Waals surface area contributed by atoms with Gasteiger partial charge in [0.05, 0.1) is 0 Å². The minimum absolute atomic E-state index is 0.0212. The molecule has 84 valence electrons. The number of nitrogens with two attached hydrogens (primary N) is 1. The molecule has 0 aromatic rings. The van der Waals surface area contributed by atoms with Gasteiger partial charge in [-0.25, -0.2) is 0 Å². The zero-order valence-corrected chi connectivity index (χ0v) is 8.94. The molecular formula is C9H22N4O. The number of amides is 1. The maximum absolute atomic E-state index is 10.5. The standard InChI is InChI=1S/C9H22N4O/c1-9(14)13-8-7-12-6-5-11-4-2-3-10/h11-12H,2-8,10H2,1H3,(H,13,14). The molecule has 0 saturated heterocycles. The minimum atomic E-state index is 0.0212. The Labute approximate surface area is 85.8 Å². The van der Waals surface area contributed by atoms with Crippen molar-refractivity contribution in [2.45, 2.75) is 13.3 Å². The first-order valence-electron chi connectivity index (χ1n) is 5.13. The highest BCUT2D eigenvalue weighted by molar-refractivity contribution is 5.72. The van der Waals surface area contributed by atoms with E-state index in [0.717, 1.165) is 39.1 Å². The summed E-state index contributed by atoms with van der Waals surface area (Å²) < 4.78 is 0. The molecule has 5 heteroatoms. The molecule has 14 heavy (non-hydrogen) atoms. The van der Waals surface area contributed by atoms with Crippen LogP contribution < -0.4 is 21.7 Å². The van der Waals surface area contributed by atoms with E-state index in [1.54, 1.807) is 0 Å². The highest BCUT2D eigenvalue weighted by Gasteiger charge is 1.90. The van der Waals surface area contributed by atoms with Gasteiger partial charge in [0.15, 0.2) is 0 Å². The molecule has 0 heterocycles. The van der Waals surface area contributed by atoms with Crippen LogP contribution in [0.25, 0.3) is 0 Å². The lowest BCUT2D eigenvalue weighted by Crippen LogP contribution is -2.34. The summed E-state index contributed by atoms with van der Waals surface area (Å²) in [4.78, 5) is 10.5. The molecule has 0 spiro atoms. The predicted octanol–water partition coefficient (Wildman–Crippen LogP) is -1.35. The zero-order valence-electron chi connectivity index (χ0n) is 8.94. The van der Waals surface area contributed by atoms with Gasteiger partial charge < -0.3 is 21.7 Å². The third kappa shape index (κ3) is 11.4. The molecule has 5 nitrogen and oxygen atoms in total. The Morgan fingerprint density at radius 3 is 2.21 bits per heavy atom. The van der Waals surface area contributed by atoms with Crippen LogP contribution in [0.4, 0.5) is 0 Å². The van der Waals surface area contributed by atoms with Gasteiger partial charge in [-0.05, 0) is 19.5 Å². The van der Waals surface area contributed by atoms with Gasteiger partial charge in [0.1, 0.15) is 0 Å². The molecule has 0 bridgehead atoms. The number of nitrogens with one attached hydrogen (secondary N) is 3. The third-order valence-corrected chi connectivity index (χ3v) is 1.71. The fourth-order valence-electron chi connectivity index (χ4n) is 0.981. The smallest absolute Gasteiger partial charge is 0.216 e. The first kappa shape index (κ1) is 13.4. The molecule has 0 aromatic carbocycles. The monoisotopic (exact) mass is 202 g/mol. The average molecular weight is 202 g/mol. The topological polar surface area (TPSA) is 79.2 Å². The summed E-state index contributed by atoms with van der Waals surface area (Å²) in [7, 11) is 0. The Morgan fingerprint density at radius 2 is 1.64 bits per heavy atom. The number of carbonyl (C=O) groups is 1. The molecule has 0 unspecified atom stereocenters. The summed E-state index contributed by atoms with van der Waals surface area (Å²) in [5.41, 5.74) is 5.34. The number of carbonyl (C=O) groups excluding carboxylic acids is 1. The van der Waals surface area contributed by atoms with E-state index in [1.807, 2.05) is 0 Å². The second kappa shape index (κ2) is 10.4. The van der Waals surface area contributed by atoms with Crippen molar-refractivity contribution in [1.82, 2.24) is 16.0 Å². The molecule has 0 saturated carbocycles. The normalized spacial score (nSPS) is 10.1. The van der Waals surface area contributed by atoms with Gasteiger partial charge in [-0.2, -0.15) is 0 Å². The largest absolute Gasteiger partial charge is 0.355 e. The van der Waals surface area contributed by atoms with E-state index in [0.29, 0.717) is 6.54 Å². The number of rotatable bonds is 9. The molecular weight excluding hydrogens is 180 g/mol. The Balaban J connectivity index is 2.88. The van der Waals surface area contributed by atoms with Crippen molar-refractivity contribution in [2.75, 3.05) is 39.3 Å². The van der Waals surface area contributed by atoms with Gasteiger partial charge in [0.25, 0.3) is 0 Å². The summed E-state index contributed by atoms with van der Waals surface area (Å²) >= 11 is 0. The lowest BCUT2D eigenvalue weighted by atomic mass is 10.4. The van der Waals surface area contributed by atoms with Crippen molar-refractivity contribution in [1.29, 1.82) is 0 Å². The van der Waals surface area contributed by atoms with E-state index in [2.05, 4.69) is 16.0 Å². The van der Waals surface area contributed by atoms with Crippen LogP contribution >= 0.6 is 0 Å². The molecule has 0 aliphatic rings. The zero-order chi connectivity index (χ0) is 10.6. The van der Waals surface area contributed by atoms with Gasteiger partial charge >= 0.3 is 0 Å². The Morgan fingerprint density at radius 1 is 1.07 bits per heavy atom. The van der Waals surface area contributed by atoms with Crippen molar-refractivity contribution in [2.24, 2.45) is 5.73 Å². The van der Waals surface area contributed by atoms with Crippen molar-refractivity contribution in [3.8, 4) is 0 Å². The van der Waals surface area contributed by atoms with E-state index >= 15 is 0 Å². The van der Waals surface area contributed by atoms with E-state index in [4.69, 9.17) is 5.73 Å². The molecule has 0 rings (SSSR count). The van der Waals surface area contributed by atoms with Crippen LogP contribution in [0.1, 0.15) is 13.3 Å². The highest BCUT2D eigenvalue weighted by atomic mass is 16.1. The fraction of sp³-hybridized carbons (Fsp3) is 0.889. The first-order valence-corrected chi connectivity index (χ1v) is 5.13. The Bertz CT molecular complexity index is 141. The van der Waals surface area contributed by atoms with Gasteiger partial charge in [0.2, 0.25) is 5.91 Å². The van der Waals surface area contributed by atoms with Gasteiger partial charge in [0, 0.05) is 33.1 Å². The molecule has 0 fully saturated rings. The summed E-state index contributed by atoms with van der Waals surface area (Å²) in [5, 5.41) is 9.18. The van der Waals surface area contributed by atoms with Gasteiger partial charge in [-0.15, -0.1) is 0 Å². The molecule has 0 atom stereocenters. The quantitative estimate of drug-likeness (QED) is 0.349. The van der Waals surface area contributed by atoms with Crippen LogP contribution in [0.15, 0.2) is 0 Å². The summed E-state index contributed by atoms with van der Waals surface area (Å²) in [6.07, 6.45) is 1.02. The summed E-state index contributed by atoms with van der Waals surface area (Å²) in [6, 6.07) is 0. The highest BCUT2D eigenvalue weighted by Crippen LogP contribution is 1.68. The molecule has 5 N–H and O–H groups in total.